The van der Waals surface area contributed by atoms with Gasteiger partial charge in [-0.3, -0.25) is 0 Å². The van der Waals surface area contributed by atoms with Gasteiger partial charge in [-0.1, -0.05) is 0 Å². The third kappa shape index (κ3) is 1.41. The Hall–Kier alpha value is -1.71. The van der Waals surface area contributed by atoms with E-state index in [-0.39, 0.29) is 5.82 Å². The van der Waals surface area contributed by atoms with E-state index in [1.54, 1.807) is 13.0 Å². The van der Waals surface area contributed by atoms with Crippen molar-refractivity contribution in [1.82, 2.24) is 9.97 Å². The van der Waals surface area contributed by atoms with Gasteiger partial charge in [0.25, 0.3) is 0 Å². The van der Waals surface area contributed by atoms with Crippen molar-refractivity contribution in [3.63, 3.8) is 0 Å². The molecule has 1 heterocycles. The maximum absolute atomic E-state index is 13.4. The molecule has 0 radical (unpaired) electrons. The van der Waals surface area contributed by atoms with Gasteiger partial charge in [-0.2, -0.15) is 0 Å². The Labute approximate surface area is 92.5 Å². The normalized spacial score (nSPS) is 15.6. The van der Waals surface area contributed by atoms with E-state index in [9.17, 15) is 4.39 Å². The Kier molecular flexibility index (Phi) is 1.87. The molecule has 0 amide bonds. The highest BCUT2D eigenvalue weighted by Crippen LogP contribution is 2.39. The summed E-state index contributed by atoms with van der Waals surface area (Å²) in [7, 11) is 0. The van der Waals surface area contributed by atoms with Crippen LogP contribution in [-0.4, -0.2) is 9.97 Å². The van der Waals surface area contributed by atoms with Gasteiger partial charge in [0.15, 0.2) is 0 Å². The lowest BCUT2D eigenvalue weighted by molar-refractivity contribution is 0.620. The second kappa shape index (κ2) is 3.14. The molecule has 82 valence electrons. The van der Waals surface area contributed by atoms with E-state index in [1.165, 1.54) is 6.07 Å². The zero-order valence-electron chi connectivity index (χ0n) is 9.00. The quantitative estimate of drug-likeness (QED) is 0.798. The maximum atomic E-state index is 13.4. The largest absolute Gasteiger partial charge is 0.383 e. The van der Waals surface area contributed by atoms with Crippen LogP contribution in [-0.2, 0) is 0 Å². The van der Waals surface area contributed by atoms with Crippen molar-refractivity contribution in [3.8, 4) is 0 Å². The SMILES string of the molecule is Cc1cc2c(N)nc(C3CC3)nc2cc1F. The summed E-state index contributed by atoms with van der Waals surface area (Å²) < 4.78 is 13.4. The molecule has 1 aliphatic carbocycles. The van der Waals surface area contributed by atoms with E-state index in [1.807, 2.05) is 0 Å². The van der Waals surface area contributed by atoms with Crippen LogP contribution in [0.5, 0.6) is 0 Å². The van der Waals surface area contributed by atoms with Gasteiger partial charge in [0, 0.05) is 17.4 Å². The van der Waals surface area contributed by atoms with Crippen LogP contribution in [0.4, 0.5) is 10.2 Å². The summed E-state index contributed by atoms with van der Waals surface area (Å²) >= 11 is 0. The van der Waals surface area contributed by atoms with E-state index in [0.717, 1.165) is 24.1 Å². The fourth-order valence-electron chi connectivity index (χ4n) is 1.82. The number of aryl methyl sites for hydroxylation is 1. The fourth-order valence-corrected chi connectivity index (χ4v) is 1.82. The molecule has 0 atom stereocenters. The topological polar surface area (TPSA) is 51.8 Å². The molecular formula is C12H12FN3. The monoisotopic (exact) mass is 217 g/mol. The molecule has 2 aromatic rings. The summed E-state index contributed by atoms with van der Waals surface area (Å²) in [5.74, 6) is 1.40. The van der Waals surface area contributed by atoms with E-state index in [0.29, 0.717) is 22.8 Å². The fraction of sp³-hybridized carbons (Fsp3) is 0.333. The molecule has 1 fully saturated rings. The van der Waals surface area contributed by atoms with Crippen LogP contribution in [0.2, 0.25) is 0 Å². The lowest BCUT2D eigenvalue weighted by Gasteiger charge is -2.06. The summed E-state index contributed by atoms with van der Waals surface area (Å²) in [5, 5.41) is 0.739. The molecule has 3 rings (SSSR count). The molecule has 2 N–H and O–H groups in total. The molecule has 0 unspecified atom stereocenters. The van der Waals surface area contributed by atoms with Gasteiger partial charge in [0.1, 0.15) is 17.5 Å². The minimum atomic E-state index is -0.243. The summed E-state index contributed by atoms with van der Waals surface area (Å²) in [6.07, 6.45) is 2.22. The number of anilines is 1. The van der Waals surface area contributed by atoms with E-state index in [4.69, 9.17) is 5.73 Å². The third-order valence-corrected chi connectivity index (χ3v) is 2.97. The standard InChI is InChI=1S/C12H12FN3/c1-6-4-8-10(5-9(6)13)15-12(7-2-3-7)16-11(8)14/h4-5,7H,2-3H2,1H3,(H2,14,15,16). The molecule has 16 heavy (non-hydrogen) atoms. The van der Waals surface area contributed by atoms with Gasteiger partial charge in [0.2, 0.25) is 0 Å². The highest BCUT2D eigenvalue weighted by molar-refractivity contribution is 5.88. The number of hydrogen-bond acceptors (Lipinski definition) is 3. The van der Waals surface area contributed by atoms with E-state index < -0.39 is 0 Å². The lowest BCUT2D eigenvalue weighted by Crippen LogP contribution is -2.00. The van der Waals surface area contributed by atoms with Crippen molar-refractivity contribution in [2.45, 2.75) is 25.7 Å². The molecule has 0 bridgehead atoms. The van der Waals surface area contributed by atoms with Gasteiger partial charge >= 0.3 is 0 Å². The highest BCUT2D eigenvalue weighted by Gasteiger charge is 2.27. The number of hydrogen-bond donors (Lipinski definition) is 1. The van der Waals surface area contributed by atoms with Crippen molar-refractivity contribution in [2.75, 3.05) is 5.73 Å². The minimum Gasteiger partial charge on any atom is -0.383 e. The van der Waals surface area contributed by atoms with Crippen molar-refractivity contribution in [3.05, 3.63) is 29.3 Å². The molecule has 1 saturated carbocycles. The van der Waals surface area contributed by atoms with Gasteiger partial charge in [-0.25, -0.2) is 14.4 Å². The molecule has 1 aliphatic rings. The number of nitrogen functional groups attached to an aromatic ring is 1. The molecule has 0 aliphatic heterocycles. The average molecular weight is 217 g/mol. The molecule has 3 nitrogen and oxygen atoms in total. The Morgan fingerprint density at radius 1 is 1.31 bits per heavy atom. The second-order valence-corrected chi connectivity index (χ2v) is 4.36. The number of rotatable bonds is 1. The van der Waals surface area contributed by atoms with Crippen LogP contribution in [0, 0.1) is 12.7 Å². The zero-order valence-corrected chi connectivity index (χ0v) is 9.00. The number of benzene rings is 1. The van der Waals surface area contributed by atoms with E-state index in [2.05, 4.69) is 9.97 Å². The predicted octanol–water partition coefficient (Wildman–Crippen LogP) is 2.54. The Morgan fingerprint density at radius 2 is 2.06 bits per heavy atom. The zero-order chi connectivity index (χ0) is 11.3. The molecular weight excluding hydrogens is 205 g/mol. The first kappa shape index (κ1) is 9.51. The van der Waals surface area contributed by atoms with E-state index >= 15 is 0 Å². The summed E-state index contributed by atoms with van der Waals surface area (Å²) in [6, 6.07) is 3.14. The highest BCUT2D eigenvalue weighted by atomic mass is 19.1. The number of nitrogens with zero attached hydrogens (tertiary/aromatic N) is 2. The smallest absolute Gasteiger partial charge is 0.135 e. The average Bonchev–Trinajstić information content (AvgIpc) is 3.04. The molecule has 0 saturated heterocycles. The lowest BCUT2D eigenvalue weighted by atomic mass is 10.1. The number of aromatic nitrogens is 2. The van der Waals surface area contributed by atoms with Gasteiger partial charge in [-0.15, -0.1) is 0 Å². The van der Waals surface area contributed by atoms with Gasteiger partial charge in [-0.05, 0) is 31.4 Å². The third-order valence-electron chi connectivity index (χ3n) is 2.97. The first-order chi connectivity index (χ1) is 7.65. The maximum Gasteiger partial charge on any atom is 0.135 e. The van der Waals surface area contributed by atoms with Crippen molar-refractivity contribution in [2.24, 2.45) is 0 Å². The Bertz CT molecular complexity index is 576. The molecule has 0 spiro atoms. The van der Waals surface area contributed by atoms with Crippen LogP contribution in [0.15, 0.2) is 12.1 Å². The predicted molar refractivity (Wildman–Crippen MR) is 60.6 cm³/mol. The van der Waals surface area contributed by atoms with Gasteiger partial charge in [0.05, 0.1) is 5.52 Å². The first-order valence-electron chi connectivity index (χ1n) is 5.38. The number of nitrogens with two attached hydrogens (primary N) is 1. The van der Waals surface area contributed by atoms with Crippen LogP contribution >= 0.6 is 0 Å². The van der Waals surface area contributed by atoms with Crippen molar-refractivity contribution >= 4 is 16.7 Å². The number of halogens is 1. The number of fused-ring (bicyclic) bond motifs is 1. The van der Waals surface area contributed by atoms with Crippen LogP contribution in [0.25, 0.3) is 10.9 Å². The Balaban J connectivity index is 2.28. The molecule has 1 aromatic carbocycles. The summed E-state index contributed by atoms with van der Waals surface area (Å²) in [4.78, 5) is 8.65. The van der Waals surface area contributed by atoms with Crippen LogP contribution < -0.4 is 5.73 Å². The van der Waals surface area contributed by atoms with Crippen molar-refractivity contribution < 1.29 is 4.39 Å². The molecule has 1 aromatic heterocycles. The molecule has 4 heteroatoms. The van der Waals surface area contributed by atoms with Crippen LogP contribution in [0.1, 0.15) is 30.1 Å². The first-order valence-corrected chi connectivity index (χ1v) is 5.38. The van der Waals surface area contributed by atoms with Crippen LogP contribution in [0.3, 0.4) is 0 Å². The van der Waals surface area contributed by atoms with Crippen molar-refractivity contribution in [1.29, 1.82) is 0 Å². The second-order valence-electron chi connectivity index (χ2n) is 4.36. The Morgan fingerprint density at radius 3 is 2.75 bits per heavy atom. The summed E-state index contributed by atoms with van der Waals surface area (Å²) in [6.45, 7) is 1.71. The summed E-state index contributed by atoms with van der Waals surface area (Å²) in [5.41, 5.74) is 7.05. The minimum absolute atomic E-state index is 0.243. The van der Waals surface area contributed by atoms with Gasteiger partial charge < -0.3 is 5.73 Å².